The number of morpholine rings is 1. The molecule has 2 N–H and O–H groups in total. The van der Waals surface area contributed by atoms with Crippen LogP contribution < -0.4 is 15.1 Å². The molecule has 194 valence electrons. The van der Waals surface area contributed by atoms with Crippen molar-refractivity contribution < 1.29 is 9.53 Å². The van der Waals surface area contributed by atoms with E-state index in [-0.39, 0.29) is 5.91 Å². The van der Waals surface area contributed by atoms with Crippen molar-refractivity contribution in [1.29, 1.82) is 0 Å². The molecule has 38 heavy (non-hydrogen) atoms. The van der Waals surface area contributed by atoms with Gasteiger partial charge in [-0.3, -0.25) is 4.79 Å². The second-order valence-corrected chi connectivity index (χ2v) is 9.37. The van der Waals surface area contributed by atoms with E-state index < -0.39 is 0 Å². The lowest BCUT2D eigenvalue weighted by molar-refractivity contribution is -0.126. The number of amides is 1. The zero-order chi connectivity index (χ0) is 25.9. The van der Waals surface area contributed by atoms with E-state index in [2.05, 4.69) is 72.0 Å². The quantitative estimate of drug-likeness (QED) is 0.381. The van der Waals surface area contributed by atoms with Crippen molar-refractivity contribution in [2.45, 2.75) is 0 Å². The van der Waals surface area contributed by atoms with Crippen LogP contribution in [0.1, 0.15) is 0 Å². The van der Waals surface area contributed by atoms with Gasteiger partial charge in [0.05, 0.1) is 30.5 Å². The van der Waals surface area contributed by atoms with Crippen molar-refractivity contribution in [3.05, 3.63) is 67.6 Å². The highest BCUT2D eigenvalue weighted by molar-refractivity contribution is 5.92. The number of benzene rings is 1. The molecule has 0 aliphatic carbocycles. The lowest BCUT2D eigenvalue weighted by Gasteiger charge is -2.34. The van der Waals surface area contributed by atoms with Crippen LogP contribution in [0.3, 0.4) is 0 Å². The summed E-state index contributed by atoms with van der Waals surface area (Å²) in [6.07, 6.45) is 4.83. The van der Waals surface area contributed by atoms with Gasteiger partial charge in [0.2, 0.25) is 5.91 Å². The molecule has 0 bridgehead atoms. The number of hydrogen-bond acceptors (Lipinski definition) is 8. The average Bonchev–Trinajstić information content (AvgIpc) is 3.43. The maximum Gasteiger partial charge on any atom is 0.246 e. The number of carbonyl (C=O) groups excluding carboxylic acids is 1. The summed E-state index contributed by atoms with van der Waals surface area (Å²) in [6.45, 7) is 9.52. The monoisotopic (exact) mass is 510 g/mol. The summed E-state index contributed by atoms with van der Waals surface area (Å²) in [5.74, 6) is 1.84. The minimum absolute atomic E-state index is 0.0147. The van der Waals surface area contributed by atoms with E-state index >= 15 is 0 Å². The summed E-state index contributed by atoms with van der Waals surface area (Å²) in [6, 6.07) is 14.4. The van der Waals surface area contributed by atoms with E-state index in [9.17, 15) is 4.79 Å². The van der Waals surface area contributed by atoms with Crippen LogP contribution in [-0.4, -0.2) is 83.2 Å². The van der Waals surface area contributed by atoms with Crippen molar-refractivity contribution in [2.75, 3.05) is 67.6 Å². The summed E-state index contributed by atoms with van der Waals surface area (Å²) < 4.78 is 5.49. The number of pyridine rings is 1. The Bertz CT molecular complexity index is 1420. The third-order valence-corrected chi connectivity index (χ3v) is 7.04. The van der Waals surface area contributed by atoms with Crippen LogP contribution in [0, 0.1) is 0 Å². The smallest absolute Gasteiger partial charge is 0.246 e. The molecule has 1 aromatic carbocycles. The number of piperazine rings is 1. The highest BCUT2D eigenvalue weighted by Crippen LogP contribution is 2.30. The minimum Gasteiger partial charge on any atom is -0.378 e. The number of ether oxygens (including phenoxy) is 1. The topological polar surface area (TPSA) is 103 Å². The molecule has 2 fully saturated rings. The molecular weight excluding hydrogens is 480 g/mol. The maximum atomic E-state index is 11.8. The van der Waals surface area contributed by atoms with Crippen LogP contribution in [-0.2, 0) is 9.53 Å². The number of aromatic nitrogens is 4. The number of nitrogens with zero attached hydrogens (tertiary/aromatic N) is 6. The van der Waals surface area contributed by atoms with E-state index in [1.165, 1.54) is 6.08 Å². The molecule has 0 unspecified atom stereocenters. The molecule has 0 atom stereocenters. The van der Waals surface area contributed by atoms with Gasteiger partial charge in [0, 0.05) is 50.6 Å². The normalized spacial score (nSPS) is 16.1. The Kier molecular flexibility index (Phi) is 6.62. The Morgan fingerprint density at radius 1 is 0.921 bits per heavy atom. The zero-order valence-electron chi connectivity index (χ0n) is 21.1. The van der Waals surface area contributed by atoms with Gasteiger partial charge in [-0.25, -0.2) is 15.0 Å². The van der Waals surface area contributed by atoms with Crippen LogP contribution in [0.2, 0.25) is 0 Å². The largest absolute Gasteiger partial charge is 0.378 e. The molecule has 1 amide bonds. The summed E-state index contributed by atoms with van der Waals surface area (Å²) in [5, 5.41) is 4.44. The average molecular weight is 511 g/mol. The second kappa shape index (κ2) is 10.5. The van der Waals surface area contributed by atoms with Crippen LogP contribution >= 0.6 is 0 Å². The van der Waals surface area contributed by atoms with Crippen molar-refractivity contribution in [2.24, 2.45) is 0 Å². The fourth-order valence-corrected chi connectivity index (χ4v) is 4.94. The Balaban J connectivity index is 1.11. The SMILES string of the molecule is C=CC(=O)N1CCN(c2ccc(Nc3ccc(-c4cc5c(N6CCOCC6)ncnc5[nH]4)cc3)cn2)CC1. The molecule has 0 spiro atoms. The van der Waals surface area contributed by atoms with E-state index in [1.54, 1.807) is 6.33 Å². The van der Waals surface area contributed by atoms with E-state index in [0.717, 1.165) is 71.5 Å². The predicted molar refractivity (Wildman–Crippen MR) is 149 cm³/mol. The van der Waals surface area contributed by atoms with Crippen molar-refractivity contribution in [3.63, 3.8) is 0 Å². The van der Waals surface area contributed by atoms with Gasteiger partial charge in [-0.05, 0) is 42.0 Å². The van der Waals surface area contributed by atoms with E-state index in [1.807, 2.05) is 23.2 Å². The zero-order valence-corrected chi connectivity index (χ0v) is 21.1. The first-order chi connectivity index (χ1) is 18.7. The summed E-state index contributed by atoms with van der Waals surface area (Å²) in [5.41, 5.74) is 4.80. The van der Waals surface area contributed by atoms with Gasteiger partial charge < -0.3 is 29.7 Å². The first-order valence-electron chi connectivity index (χ1n) is 12.8. The third-order valence-electron chi connectivity index (χ3n) is 7.04. The predicted octanol–water partition coefficient (Wildman–Crippen LogP) is 3.43. The highest BCUT2D eigenvalue weighted by Gasteiger charge is 2.20. The molecule has 5 heterocycles. The van der Waals surface area contributed by atoms with Gasteiger partial charge in [0.15, 0.2) is 0 Å². The van der Waals surface area contributed by atoms with Crippen LogP contribution in [0.25, 0.3) is 22.3 Å². The molecule has 3 aromatic heterocycles. The number of rotatable bonds is 6. The minimum atomic E-state index is -0.0147. The van der Waals surface area contributed by atoms with E-state index in [0.29, 0.717) is 26.3 Å². The van der Waals surface area contributed by atoms with Gasteiger partial charge in [0.25, 0.3) is 0 Å². The Hall–Kier alpha value is -4.44. The molecule has 0 saturated carbocycles. The molecule has 0 radical (unpaired) electrons. The van der Waals surface area contributed by atoms with Gasteiger partial charge in [0.1, 0.15) is 23.6 Å². The van der Waals surface area contributed by atoms with E-state index in [4.69, 9.17) is 4.74 Å². The second-order valence-electron chi connectivity index (χ2n) is 9.37. The number of aromatic amines is 1. The third kappa shape index (κ3) is 4.90. The number of carbonyl (C=O) groups is 1. The van der Waals surface area contributed by atoms with Gasteiger partial charge in [-0.1, -0.05) is 18.7 Å². The summed E-state index contributed by atoms with van der Waals surface area (Å²) >= 11 is 0. The fourth-order valence-electron chi connectivity index (χ4n) is 4.94. The number of hydrogen-bond donors (Lipinski definition) is 2. The van der Waals surface area contributed by atoms with Crippen LogP contribution in [0.5, 0.6) is 0 Å². The van der Waals surface area contributed by atoms with Gasteiger partial charge >= 0.3 is 0 Å². The molecular formula is C28H30N8O2. The van der Waals surface area contributed by atoms with Gasteiger partial charge in [-0.2, -0.15) is 0 Å². The Morgan fingerprint density at radius 2 is 1.68 bits per heavy atom. The summed E-state index contributed by atoms with van der Waals surface area (Å²) in [4.78, 5) is 35.1. The van der Waals surface area contributed by atoms with Crippen molar-refractivity contribution in [1.82, 2.24) is 24.8 Å². The molecule has 10 nitrogen and oxygen atoms in total. The summed E-state index contributed by atoms with van der Waals surface area (Å²) in [7, 11) is 0. The number of fused-ring (bicyclic) bond motifs is 1. The molecule has 2 saturated heterocycles. The lowest BCUT2D eigenvalue weighted by atomic mass is 10.1. The Morgan fingerprint density at radius 3 is 2.39 bits per heavy atom. The standard InChI is InChI=1S/C28H30N8O2/c1-2-26(37)35-11-9-34(10-12-35)25-8-7-22(18-29-25)32-21-5-3-20(4-6-21)24-17-23-27(33-24)30-19-31-28(23)36-13-15-38-16-14-36/h2-8,17-19,32H,1,9-16H2,(H,30,31,33). The Labute approximate surface area is 221 Å². The first kappa shape index (κ1) is 23.9. The molecule has 4 aromatic rings. The van der Waals surface area contributed by atoms with Crippen molar-refractivity contribution >= 4 is 40.0 Å². The van der Waals surface area contributed by atoms with Crippen LogP contribution in [0.15, 0.2) is 67.6 Å². The maximum absolute atomic E-state index is 11.8. The molecule has 6 rings (SSSR count). The number of nitrogens with one attached hydrogen (secondary N) is 2. The lowest BCUT2D eigenvalue weighted by Crippen LogP contribution is -2.48. The number of H-pyrrole nitrogens is 1. The number of anilines is 4. The molecule has 2 aliphatic heterocycles. The van der Waals surface area contributed by atoms with Crippen LogP contribution in [0.4, 0.5) is 23.0 Å². The molecule has 10 heteroatoms. The molecule has 2 aliphatic rings. The first-order valence-corrected chi connectivity index (χ1v) is 12.8. The van der Waals surface area contributed by atoms with Crippen molar-refractivity contribution in [3.8, 4) is 11.3 Å². The van der Waals surface area contributed by atoms with Gasteiger partial charge in [-0.15, -0.1) is 0 Å². The highest BCUT2D eigenvalue weighted by atomic mass is 16.5. The fraction of sp³-hybridized carbons (Fsp3) is 0.286.